The van der Waals surface area contributed by atoms with Crippen LogP contribution in [0.2, 0.25) is 0 Å². The number of halogens is 1. The molecule has 1 N–H and O–H groups in total. The Morgan fingerprint density at radius 3 is 2.70 bits per heavy atom. The molecule has 0 bridgehead atoms. The Kier molecular flexibility index (Phi) is 6.27. The van der Waals surface area contributed by atoms with E-state index in [0.29, 0.717) is 5.92 Å². The quantitative estimate of drug-likeness (QED) is 0.753. The number of thiophene rings is 1. The molecule has 0 fully saturated rings. The molecule has 0 aliphatic heterocycles. The second-order valence-electron chi connectivity index (χ2n) is 5.28. The van der Waals surface area contributed by atoms with Gasteiger partial charge in [-0.15, -0.1) is 11.3 Å². The molecule has 0 aliphatic rings. The van der Waals surface area contributed by atoms with Crippen LogP contribution in [-0.2, 0) is 12.8 Å². The molecule has 0 saturated carbocycles. The normalized spacial score (nSPS) is 12.6. The fourth-order valence-corrected chi connectivity index (χ4v) is 4.08. The molecule has 0 aliphatic carbocycles. The molecule has 0 radical (unpaired) electrons. The average Bonchev–Trinajstić information content (AvgIpc) is 2.81. The molecule has 1 unspecified atom stereocenters. The zero-order valence-corrected chi connectivity index (χ0v) is 14.6. The molecule has 1 atom stereocenters. The van der Waals surface area contributed by atoms with Crippen molar-refractivity contribution in [2.75, 3.05) is 13.1 Å². The predicted molar refractivity (Wildman–Crippen MR) is 92.6 cm³/mol. The summed E-state index contributed by atoms with van der Waals surface area (Å²) in [6.07, 6.45) is 2.29. The van der Waals surface area contributed by atoms with E-state index in [1.807, 2.05) is 11.3 Å². The van der Waals surface area contributed by atoms with Gasteiger partial charge in [0.25, 0.3) is 0 Å². The maximum atomic E-state index is 3.55. The van der Waals surface area contributed by atoms with Gasteiger partial charge in [0.05, 0.1) is 3.79 Å². The summed E-state index contributed by atoms with van der Waals surface area (Å²) >= 11 is 5.41. The van der Waals surface area contributed by atoms with E-state index >= 15 is 0 Å². The Hall–Kier alpha value is -0.640. The van der Waals surface area contributed by atoms with Crippen molar-refractivity contribution in [1.82, 2.24) is 5.32 Å². The van der Waals surface area contributed by atoms with Gasteiger partial charge in [0, 0.05) is 4.88 Å². The average molecular weight is 352 g/mol. The molecule has 0 spiro atoms. The molecular weight excluding hydrogens is 330 g/mol. The summed E-state index contributed by atoms with van der Waals surface area (Å²) in [7, 11) is 0. The van der Waals surface area contributed by atoms with Crippen molar-refractivity contribution >= 4 is 27.3 Å². The highest BCUT2D eigenvalue weighted by molar-refractivity contribution is 9.11. The Bertz CT molecular complexity index is 535. The summed E-state index contributed by atoms with van der Waals surface area (Å²) in [5.74, 6) is 0.655. The van der Waals surface area contributed by atoms with Crippen molar-refractivity contribution in [3.05, 3.63) is 56.2 Å². The van der Waals surface area contributed by atoms with Gasteiger partial charge in [0.1, 0.15) is 0 Å². The standard InChI is InChI=1S/C17H22BrNS/c1-3-19-12-15(11-16-7-8-17(18)20-16)10-14-6-4-5-13(2)9-14/h4-9,15,19H,3,10-12H2,1-2H3. The minimum Gasteiger partial charge on any atom is -0.317 e. The molecule has 20 heavy (non-hydrogen) atoms. The van der Waals surface area contributed by atoms with Gasteiger partial charge in [-0.25, -0.2) is 0 Å². The molecule has 2 aromatic rings. The first kappa shape index (κ1) is 15.7. The van der Waals surface area contributed by atoms with E-state index in [9.17, 15) is 0 Å². The Morgan fingerprint density at radius 1 is 1.20 bits per heavy atom. The Balaban J connectivity index is 2.02. The summed E-state index contributed by atoms with van der Waals surface area (Å²) in [5.41, 5.74) is 2.80. The smallest absolute Gasteiger partial charge is 0.0701 e. The van der Waals surface area contributed by atoms with Crippen LogP contribution in [0.15, 0.2) is 40.2 Å². The lowest BCUT2D eigenvalue weighted by molar-refractivity contribution is 0.481. The fraction of sp³-hybridized carbons (Fsp3) is 0.412. The molecule has 0 amide bonds. The van der Waals surface area contributed by atoms with Gasteiger partial charge in [-0.1, -0.05) is 36.8 Å². The van der Waals surface area contributed by atoms with Crippen LogP contribution in [0.25, 0.3) is 0 Å². The molecule has 1 aromatic heterocycles. The van der Waals surface area contributed by atoms with E-state index in [0.717, 1.165) is 25.9 Å². The molecule has 108 valence electrons. The highest BCUT2D eigenvalue weighted by Crippen LogP contribution is 2.25. The number of benzene rings is 1. The lowest BCUT2D eigenvalue weighted by Crippen LogP contribution is -2.25. The number of hydrogen-bond donors (Lipinski definition) is 1. The van der Waals surface area contributed by atoms with Crippen molar-refractivity contribution in [2.24, 2.45) is 5.92 Å². The van der Waals surface area contributed by atoms with Crippen LogP contribution in [0.3, 0.4) is 0 Å². The SMILES string of the molecule is CCNCC(Cc1cccc(C)c1)Cc1ccc(Br)s1. The van der Waals surface area contributed by atoms with Gasteiger partial charge < -0.3 is 5.32 Å². The van der Waals surface area contributed by atoms with Crippen molar-refractivity contribution < 1.29 is 0 Å². The minimum atomic E-state index is 0.655. The van der Waals surface area contributed by atoms with Crippen LogP contribution in [0.4, 0.5) is 0 Å². The first-order valence-electron chi connectivity index (χ1n) is 7.18. The highest BCUT2D eigenvalue weighted by Gasteiger charge is 2.12. The van der Waals surface area contributed by atoms with Crippen LogP contribution in [-0.4, -0.2) is 13.1 Å². The van der Waals surface area contributed by atoms with Crippen LogP contribution in [0.5, 0.6) is 0 Å². The second kappa shape index (κ2) is 7.96. The molecule has 1 aromatic carbocycles. The van der Waals surface area contributed by atoms with Crippen LogP contribution in [0.1, 0.15) is 22.9 Å². The molecule has 0 saturated heterocycles. The van der Waals surface area contributed by atoms with E-state index in [-0.39, 0.29) is 0 Å². The molecule has 2 rings (SSSR count). The largest absolute Gasteiger partial charge is 0.317 e. The Labute approximate surface area is 134 Å². The summed E-state index contributed by atoms with van der Waals surface area (Å²) in [4.78, 5) is 1.47. The number of hydrogen-bond acceptors (Lipinski definition) is 2. The second-order valence-corrected chi connectivity index (χ2v) is 7.82. The van der Waals surface area contributed by atoms with E-state index < -0.39 is 0 Å². The van der Waals surface area contributed by atoms with E-state index in [1.54, 1.807) is 0 Å². The highest BCUT2D eigenvalue weighted by atomic mass is 79.9. The zero-order chi connectivity index (χ0) is 14.4. The summed E-state index contributed by atoms with van der Waals surface area (Å²) < 4.78 is 1.23. The first-order valence-corrected chi connectivity index (χ1v) is 8.78. The van der Waals surface area contributed by atoms with Crippen molar-refractivity contribution in [1.29, 1.82) is 0 Å². The van der Waals surface area contributed by atoms with Crippen molar-refractivity contribution in [2.45, 2.75) is 26.7 Å². The van der Waals surface area contributed by atoms with Gasteiger partial charge in [-0.05, 0) is 72.4 Å². The summed E-state index contributed by atoms with van der Waals surface area (Å²) in [5, 5.41) is 3.50. The van der Waals surface area contributed by atoms with E-state index in [2.05, 4.69) is 71.5 Å². The number of nitrogens with one attached hydrogen (secondary N) is 1. The van der Waals surface area contributed by atoms with E-state index in [4.69, 9.17) is 0 Å². The lowest BCUT2D eigenvalue weighted by atomic mass is 9.94. The van der Waals surface area contributed by atoms with Gasteiger partial charge in [-0.3, -0.25) is 0 Å². The van der Waals surface area contributed by atoms with Crippen LogP contribution in [0, 0.1) is 12.8 Å². The van der Waals surface area contributed by atoms with E-state index in [1.165, 1.54) is 19.8 Å². The molecule has 3 heteroatoms. The Morgan fingerprint density at radius 2 is 2.05 bits per heavy atom. The van der Waals surface area contributed by atoms with Crippen molar-refractivity contribution in [3.63, 3.8) is 0 Å². The third-order valence-corrected chi connectivity index (χ3v) is 5.05. The first-order chi connectivity index (χ1) is 9.67. The summed E-state index contributed by atoms with van der Waals surface area (Å²) in [6.45, 7) is 6.46. The lowest BCUT2D eigenvalue weighted by Gasteiger charge is -2.17. The molecule has 1 nitrogen and oxygen atoms in total. The fourth-order valence-electron chi connectivity index (χ4n) is 2.48. The topological polar surface area (TPSA) is 12.0 Å². The third kappa shape index (κ3) is 5.04. The van der Waals surface area contributed by atoms with Crippen molar-refractivity contribution in [3.8, 4) is 0 Å². The minimum absolute atomic E-state index is 0.655. The monoisotopic (exact) mass is 351 g/mol. The van der Waals surface area contributed by atoms with Gasteiger partial charge >= 0.3 is 0 Å². The summed E-state index contributed by atoms with van der Waals surface area (Å²) in [6, 6.07) is 13.3. The maximum Gasteiger partial charge on any atom is 0.0701 e. The van der Waals surface area contributed by atoms with Gasteiger partial charge in [0.15, 0.2) is 0 Å². The molecule has 1 heterocycles. The third-order valence-electron chi connectivity index (χ3n) is 3.41. The molecular formula is C17H22BrNS. The maximum absolute atomic E-state index is 3.55. The predicted octanol–water partition coefficient (Wildman–Crippen LogP) is 4.83. The van der Waals surface area contributed by atoms with Crippen LogP contribution < -0.4 is 5.32 Å². The van der Waals surface area contributed by atoms with Crippen LogP contribution >= 0.6 is 27.3 Å². The zero-order valence-electron chi connectivity index (χ0n) is 12.2. The number of aryl methyl sites for hydroxylation is 1. The van der Waals surface area contributed by atoms with Gasteiger partial charge in [-0.2, -0.15) is 0 Å². The van der Waals surface area contributed by atoms with Gasteiger partial charge in [0.2, 0.25) is 0 Å². The number of rotatable bonds is 7.